The standard InChI is InChI=1S/C22H26N4O2/c1-14-8-13-18-20(23-14)26(2)19(25-22(18)28)15-9-11-17(12-10-15)24-21(27)16-6-4-3-5-7-16/h8-13,16,19H,3-7H2,1-2H3,(H,24,27)(H,25,28)/t19-/m1/s1. The van der Waals surface area contributed by atoms with Gasteiger partial charge in [0, 0.05) is 24.3 Å². The largest absolute Gasteiger partial charge is 0.335 e. The molecule has 2 heterocycles. The molecule has 0 unspecified atom stereocenters. The first-order valence-electron chi connectivity index (χ1n) is 9.95. The number of pyridine rings is 1. The summed E-state index contributed by atoms with van der Waals surface area (Å²) in [5, 5.41) is 6.06. The summed E-state index contributed by atoms with van der Waals surface area (Å²) in [6.45, 7) is 1.92. The number of hydrogen-bond acceptors (Lipinski definition) is 4. The molecular formula is C22H26N4O2. The number of rotatable bonds is 3. The Balaban J connectivity index is 1.49. The highest BCUT2D eigenvalue weighted by Gasteiger charge is 2.30. The first-order chi connectivity index (χ1) is 13.5. The Morgan fingerprint density at radius 2 is 1.82 bits per heavy atom. The van der Waals surface area contributed by atoms with Crippen LogP contribution in [0.1, 0.15) is 59.9 Å². The van der Waals surface area contributed by atoms with Crippen LogP contribution in [0.4, 0.5) is 11.5 Å². The minimum atomic E-state index is -0.294. The van der Waals surface area contributed by atoms with Gasteiger partial charge in [-0.25, -0.2) is 4.98 Å². The summed E-state index contributed by atoms with van der Waals surface area (Å²) in [5.74, 6) is 0.802. The summed E-state index contributed by atoms with van der Waals surface area (Å²) >= 11 is 0. The van der Waals surface area contributed by atoms with E-state index in [2.05, 4.69) is 15.6 Å². The van der Waals surface area contributed by atoms with Crippen molar-refractivity contribution in [3.63, 3.8) is 0 Å². The highest BCUT2D eigenvalue weighted by molar-refractivity contribution is 6.01. The molecular weight excluding hydrogens is 352 g/mol. The number of benzene rings is 1. The lowest BCUT2D eigenvalue weighted by Gasteiger charge is -2.35. The second-order valence-corrected chi connectivity index (χ2v) is 7.76. The van der Waals surface area contributed by atoms with Crippen molar-refractivity contribution in [1.29, 1.82) is 0 Å². The molecule has 2 aliphatic rings. The maximum absolute atomic E-state index is 12.5. The second-order valence-electron chi connectivity index (χ2n) is 7.76. The number of amides is 2. The van der Waals surface area contributed by atoms with Crippen LogP contribution in [0, 0.1) is 12.8 Å². The molecule has 6 nitrogen and oxygen atoms in total. The molecule has 28 heavy (non-hydrogen) atoms. The fraction of sp³-hybridized carbons (Fsp3) is 0.409. The van der Waals surface area contributed by atoms with E-state index in [4.69, 9.17) is 0 Å². The monoisotopic (exact) mass is 378 g/mol. The Hall–Kier alpha value is -2.89. The maximum Gasteiger partial charge on any atom is 0.256 e. The van der Waals surface area contributed by atoms with E-state index < -0.39 is 0 Å². The number of carbonyl (C=O) groups is 2. The predicted molar refractivity (Wildman–Crippen MR) is 109 cm³/mol. The molecule has 2 N–H and O–H groups in total. The van der Waals surface area contributed by atoms with E-state index in [1.54, 1.807) is 0 Å². The first-order valence-corrected chi connectivity index (χ1v) is 9.95. The molecule has 2 amide bonds. The number of aryl methyl sites for hydroxylation is 1. The van der Waals surface area contributed by atoms with Crippen molar-refractivity contribution in [3.05, 3.63) is 53.2 Å². The number of hydrogen-bond donors (Lipinski definition) is 2. The van der Waals surface area contributed by atoms with Crippen LogP contribution in [0.15, 0.2) is 36.4 Å². The third kappa shape index (κ3) is 3.59. The molecule has 0 spiro atoms. The molecule has 146 valence electrons. The molecule has 2 aromatic rings. The van der Waals surface area contributed by atoms with Gasteiger partial charge in [0.25, 0.3) is 5.91 Å². The van der Waals surface area contributed by atoms with Gasteiger partial charge in [0.1, 0.15) is 12.0 Å². The number of anilines is 2. The van der Waals surface area contributed by atoms with Crippen molar-refractivity contribution in [2.24, 2.45) is 5.92 Å². The molecule has 1 aromatic heterocycles. The van der Waals surface area contributed by atoms with Crippen molar-refractivity contribution in [3.8, 4) is 0 Å². The summed E-state index contributed by atoms with van der Waals surface area (Å²) in [6, 6.07) is 11.3. The normalized spacial score (nSPS) is 19.7. The number of fused-ring (bicyclic) bond motifs is 1. The van der Waals surface area contributed by atoms with Crippen LogP contribution in [0.3, 0.4) is 0 Å². The van der Waals surface area contributed by atoms with Crippen molar-refractivity contribution < 1.29 is 9.59 Å². The molecule has 1 fully saturated rings. The minimum absolute atomic E-state index is 0.115. The van der Waals surface area contributed by atoms with Crippen molar-refractivity contribution in [1.82, 2.24) is 10.3 Å². The zero-order chi connectivity index (χ0) is 19.7. The van der Waals surface area contributed by atoms with Gasteiger partial charge >= 0.3 is 0 Å². The molecule has 1 aliphatic carbocycles. The molecule has 0 saturated heterocycles. The highest BCUT2D eigenvalue weighted by atomic mass is 16.2. The van der Waals surface area contributed by atoms with Crippen LogP contribution in [0.25, 0.3) is 0 Å². The Bertz CT molecular complexity index is 888. The van der Waals surface area contributed by atoms with Gasteiger partial charge in [-0.1, -0.05) is 31.4 Å². The third-order valence-electron chi connectivity index (χ3n) is 5.72. The molecule has 1 saturated carbocycles. The van der Waals surface area contributed by atoms with Crippen LogP contribution in [0.2, 0.25) is 0 Å². The zero-order valence-corrected chi connectivity index (χ0v) is 16.4. The molecule has 6 heteroatoms. The summed E-state index contributed by atoms with van der Waals surface area (Å²) in [7, 11) is 1.92. The van der Waals surface area contributed by atoms with Gasteiger partial charge in [-0.3, -0.25) is 9.59 Å². The lowest BCUT2D eigenvalue weighted by Crippen LogP contribution is -2.45. The second kappa shape index (κ2) is 7.62. The Labute approximate surface area is 165 Å². The van der Waals surface area contributed by atoms with Crippen molar-refractivity contribution >= 4 is 23.3 Å². The fourth-order valence-corrected chi connectivity index (χ4v) is 4.07. The van der Waals surface area contributed by atoms with Crippen LogP contribution in [-0.4, -0.2) is 23.8 Å². The van der Waals surface area contributed by atoms with Crippen molar-refractivity contribution in [2.45, 2.75) is 45.2 Å². The molecule has 1 aliphatic heterocycles. The van der Waals surface area contributed by atoms with E-state index in [9.17, 15) is 9.59 Å². The highest BCUT2D eigenvalue weighted by Crippen LogP contribution is 2.31. The average Bonchev–Trinajstić information content (AvgIpc) is 2.72. The fourth-order valence-electron chi connectivity index (χ4n) is 4.07. The number of aromatic nitrogens is 1. The molecule has 4 rings (SSSR count). The van der Waals surface area contributed by atoms with Gasteiger partial charge in [0.05, 0.1) is 5.56 Å². The summed E-state index contributed by atoms with van der Waals surface area (Å²) in [5.41, 5.74) is 3.19. The van der Waals surface area contributed by atoms with E-state index in [1.807, 2.05) is 55.3 Å². The van der Waals surface area contributed by atoms with E-state index in [0.717, 1.165) is 42.6 Å². The number of nitrogens with zero attached hydrogens (tertiary/aromatic N) is 2. The van der Waals surface area contributed by atoms with Crippen LogP contribution in [0.5, 0.6) is 0 Å². The Morgan fingerprint density at radius 1 is 1.11 bits per heavy atom. The maximum atomic E-state index is 12.5. The van der Waals surface area contributed by atoms with E-state index in [1.165, 1.54) is 6.42 Å². The lowest BCUT2D eigenvalue weighted by atomic mass is 9.88. The van der Waals surface area contributed by atoms with Gasteiger partial charge in [-0.2, -0.15) is 0 Å². The quantitative estimate of drug-likeness (QED) is 0.852. The zero-order valence-electron chi connectivity index (χ0n) is 16.4. The number of carbonyl (C=O) groups excluding carboxylic acids is 2. The number of nitrogens with one attached hydrogen (secondary N) is 2. The van der Waals surface area contributed by atoms with Gasteiger partial charge < -0.3 is 15.5 Å². The molecule has 1 aromatic carbocycles. The topological polar surface area (TPSA) is 74.3 Å². The van der Waals surface area contributed by atoms with Gasteiger partial charge in [-0.05, 0) is 49.6 Å². The summed E-state index contributed by atoms with van der Waals surface area (Å²) < 4.78 is 0. The van der Waals surface area contributed by atoms with Gasteiger partial charge in [-0.15, -0.1) is 0 Å². The minimum Gasteiger partial charge on any atom is -0.335 e. The SMILES string of the molecule is Cc1ccc2c(n1)N(C)[C@H](c1ccc(NC(=O)C3CCCCC3)cc1)NC2=O. The molecule has 0 radical (unpaired) electrons. The summed E-state index contributed by atoms with van der Waals surface area (Å²) in [4.78, 5) is 31.4. The van der Waals surface area contributed by atoms with E-state index >= 15 is 0 Å². The van der Waals surface area contributed by atoms with Crippen LogP contribution in [-0.2, 0) is 4.79 Å². The van der Waals surface area contributed by atoms with E-state index in [0.29, 0.717) is 11.4 Å². The average molecular weight is 378 g/mol. The predicted octanol–water partition coefficient (Wildman–Crippen LogP) is 3.79. The van der Waals surface area contributed by atoms with Crippen LogP contribution < -0.4 is 15.5 Å². The third-order valence-corrected chi connectivity index (χ3v) is 5.72. The van der Waals surface area contributed by atoms with Crippen LogP contribution >= 0.6 is 0 Å². The Morgan fingerprint density at radius 3 is 2.54 bits per heavy atom. The summed E-state index contributed by atoms with van der Waals surface area (Å²) in [6.07, 6.45) is 5.18. The van der Waals surface area contributed by atoms with Crippen molar-refractivity contribution in [2.75, 3.05) is 17.3 Å². The Kier molecular flexibility index (Phi) is 5.03. The van der Waals surface area contributed by atoms with Gasteiger partial charge in [0.15, 0.2) is 0 Å². The molecule has 0 bridgehead atoms. The first kappa shape index (κ1) is 18.5. The smallest absolute Gasteiger partial charge is 0.256 e. The van der Waals surface area contributed by atoms with E-state index in [-0.39, 0.29) is 23.9 Å². The lowest BCUT2D eigenvalue weighted by molar-refractivity contribution is -0.120. The molecule has 1 atom stereocenters. The van der Waals surface area contributed by atoms with Gasteiger partial charge in [0.2, 0.25) is 5.91 Å².